The number of carbonyl (C=O) groups excluding carboxylic acids is 2. The summed E-state index contributed by atoms with van der Waals surface area (Å²) >= 11 is 0. The van der Waals surface area contributed by atoms with Crippen molar-refractivity contribution in [2.75, 3.05) is 13.7 Å². The van der Waals surface area contributed by atoms with Crippen molar-refractivity contribution < 1.29 is 23.5 Å². The fourth-order valence-electron chi connectivity index (χ4n) is 2.93. The van der Waals surface area contributed by atoms with Crippen molar-refractivity contribution >= 4 is 11.9 Å². The van der Waals surface area contributed by atoms with Crippen LogP contribution in [0.1, 0.15) is 31.7 Å². The molecule has 1 unspecified atom stereocenters. The van der Waals surface area contributed by atoms with Gasteiger partial charge in [-0.15, -0.1) is 0 Å². The second kappa shape index (κ2) is 8.30. The van der Waals surface area contributed by atoms with Crippen LogP contribution in [0, 0.1) is 17.1 Å². The smallest absolute Gasteiger partial charge is 0.336 e. The highest BCUT2D eigenvalue weighted by molar-refractivity contribution is 5.99. The molecule has 136 valence electrons. The standard InChI is InChI=1S/C19H19FN2O4/c1-11-15(18(23)25-3)17(13-6-4-7-14(20)10-13)16(12(2)22-11)19(24)26-9-5-8-21/h4,6-7,10,17,22H,5,9H2,1-3H3. The minimum absolute atomic E-state index is 0.0505. The first-order chi connectivity index (χ1) is 12.4. The van der Waals surface area contributed by atoms with Crippen molar-refractivity contribution in [3.05, 3.63) is 58.2 Å². The van der Waals surface area contributed by atoms with Crippen LogP contribution < -0.4 is 5.32 Å². The molecule has 0 saturated carbocycles. The molecule has 1 aromatic carbocycles. The van der Waals surface area contributed by atoms with Gasteiger partial charge < -0.3 is 14.8 Å². The number of esters is 2. The third-order valence-corrected chi connectivity index (χ3v) is 4.01. The molecule has 1 N–H and O–H groups in total. The van der Waals surface area contributed by atoms with Gasteiger partial charge in [-0.1, -0.05) is 12.1 Å². The van der Waals surface area contributed by atoms with Crippen LogP contribution in [0.25, 0.3) is 0 Å². The number of nitrogens with zero attached hydrogens (tertiary/aromatic N) is 1. The number of methoxy groups -OCH3 is 1. The zero-order valence-electron chi connectivity index (χ0n) is 14.8. The molecular weight excluding hydrogens is 339 g/mol. The average Bonchev–Trinajstić information content (AvgIpc) is 2.60. The fourth-order valence-corrected chi connectivity index (χ4v) is 2.93. The van der Waals surface area contributed by atoms with E-state index in [9.17, 15) is 14.0 Å². The Kier molecular flexibility index (Phi) is 6.12. The summed E-state index contributed by atoms with van der Waals surface area (Å²) in [6.07, 6.45) is 0.0505. The summed E-state index contributed by atoms with van der Waals surface area (Å²) in [6.45, 7) is 3.28. The molecule has 0 aromatic heterocycles. The van der Waals surface area contributed by atoms with E-state index >= 15 is 0 Å². The number of nitriles is 1. The maximum Gasteiger partial charge on any atom is 0.336 e. The van der Waals surface area contributed by atoms with Gasteiger partial charge in [-0.3, -0.25) is 0 Å². The van der Waals surface area contributed by atoms with Crippen LogP contribution in [0.2, 0.25) is 0 Å². The molecule has 0 bridgehead atoms. The van der Waals surface area contributed by atoms with E-state index in [0.29, 0.717) is 17.0 Å². The van der Waals surface area contributed by atoms with Gasteiger partial charge in [0.2, 0.25) is 0 Å². The van der Waals surface area contributed by atoms with Crippen LogP contribution in [0.4, 0.5) is 4.39 Å². The third kappa shape index (κ3) is 3.91. The van der Waals surface area contributed by atoms with E-state index in [1.807, 2.05) is 6.07 Å². The lowest BCUT2D eigenvalue weighted by atomic mass is 9.80. The molecule has 0 spiro atoms. The van der Waals surface area contributed by atoms with Gasteiger partial charge in [-0.2, -0.15) is 5.26 Å². The second-order valence-electron chi connectivity index (χ2n) is 5.73. The lowest BCUT2D eigenvalue weighted by Gasteiger charge is -2.30. The summed E-state index contributed by atoms with van der Waals surface area (Å²) in [5.41, 5.74) is 1.82. The molecule has 1 aliphatic heterocycles. The van der Waals surface area contributed by atoms with Gasteiger partial charge in [-0.25, -0.2) is 14.0 Å². The maximum atomic E-state index is 13.8. The van der Waals surface area contributed by atoms with Crippen molar-refractivity contribution in [1.29, 1.82) is 5.26 Å². The van der Waals surface area contributed by atoms with Crippen molar-refractivity contribution in [3.63, 3.8) is 0 Å². The molecule has 0 aliphatic carbocycles. The Hall–Kier alpha value is -3.14. The monoisotopic (exact) mass is 358 g/mol. The highest BCUT2D eigenvalue weighted by atomic mass is 19.1. The number of dihydropyridines is 1. The number of rotatable bonds is 5. The summed E-state index contributed by atoms with van der Waals surface area (Å²) in [6, 6.07) is 7.57. The average molecular weight is 358 g/mol. The molecule has 1 atom stereocenters. The summed E-state index contributed by atoms with van der Waals surface area (Å²) < 4.78 is 23.8. The van der Waals surface area contributed by atoms with Crippen LogP contribution in [-0.2, 0) is 19.1 Å². The molecule has 1 aliphatic rings. The molecule has 0 amide bonds. The lowest BCUT2D eigenvalue weighted by molar-refractivity contribution is -0.139. The summed E-state index contributed by atoms with van der Waals surface area (Å²) in [7, 11) is 1.24. The van der Waals surface area contributed by atoms with Crippen LogP contribution >= 0.6 is 0 Å². The van der Waals surface area contributed by atoms with Gasteiger partial charge in [0.15, 0.2) is 0 Å². The Labute approximate surface area is 150 Å². The molecule has 1 aromatic rings. The van der Waals surface area contributed by atoms with Crippen molar-refractivity contribution in [2.24, 2.45) is 0 Å². The topological polar surface area (TPSA) is 88.4 Å². The quantitative estimate of drug-likeness (QED) is 0.643. The summed E-state index contributed by atoms with van der Waals surface area (Å²) in [5.74, 6) is -2.63. The number of hydrogen-bond acceptors (Lipinski definition) is 6. The Morgan fingerprint density at radius 3 is 2.46 bits per heavy atom. The van der Waals surface area contributed by atoms with E-state index in [0.717, 1.165) is 0 Å². The van der Waals surface area contributed by atoms with E-state index in [2.05, 4.69) is 5.32 Å². The number of benzene rings is 1. The van der Waals surface area contributed by atoms with E-state index < -0.39 is 23.7 Å². The molecule has 0 radical (unpaired) electrons. The normalized spacial score (nSPS) is 16.7. The van der Waals surface area contributed by atoms with Gasteiger partial charge in [0, 0.05) is 11.4 Å². The Balaban J connectivity index is 2.56. The molecule has 7 heteroatoms. The van der Waals surface area contributed by atoms with Crippen LogP contribution in [0.3, 0.4) is 0 Å². The number of carbonyl (C=O) groups is 2. The van der Waals surface area contributed by atoms with Gasteiger partial charge in [0.25, 0.3) is 0 Å². The first-order valence-electron chi connectivity index (χ1n) is 7.97. The van der Waals surface area contributed by atoms with Crippen molar-refractivity contribution in [1.82, 2.24) is 5.32 Å². The van der Waals surface area contributed by atoms with Gasteiger partial charge in [0.1, 0.15) is 12.4 Å². The third-order valence-electron chi connectivity index (χ3n) is 4.01. The number of allylic oxidation sites excluding steroid dienone is 2. The number of ether oxygens (including phenoxy) is 2. The highest BCUT2D eigenvalue weighted by Crippen LogP contribution is 2.39. The first kappa shape index (κ1) is 19.2. The van der Waals surface area contributed by atoms with Crippen molar-refractivity contribution in [3.8, 4) is 6.07 Å². The first-order valence-corrected chi connectivity index (χ1v) is 7.97. The minimum atomic E-state index is -0.839. The second-order valence-corrected chi connectivity index (χ2v) is 5.73. The molecule has 2 rings (SSSR count). The van der Waals surface area contributed by atoms with E-state index in [4.69, 9.17) is 14.7 Å². The zero-order chi connectivity index (χ0) is 19.3. The van der Waals surface area contributed by atoms with Gasteiger partial charge in [-0.05, 0) is 31.5 Å². The predicted molar refractivity (Wildman–Crippen MR) is 90.9 cm³/mol. The summed E-state index contributed by atoms with van der Waals surface area (Å²) in [5, 5.41) is 11.6. The maximum absolute atomic E-state index is 13.8. The molecular formula is C19H19FN2O4. The molecule has 26 heavy (non-hydrogen) atoms. The predicted octanol–water partition coefficient (Wildman–Crippen LogP) is 2.69. The van der Waals surface area contributed by atoms with Crippen LogP contribution in [0.5, 0.6) is 0 Å². The highest BCUT2D eigenvalue weighted by Gasteiger charge is 2.37. The van der Waals surface area contributed by atoms with Crippen molar-refractivity contribution in [2.45, 2.75) is 26.2 Å². The van der Waals surface area contributed by atoms with Crippen LogP contribution in [-0.4, -0.2) is 25.7 Å². The van der Waals surface area contributed by atoms with Gasteiger partial charge in [0.05, 0.1) is 36.7 Å². The Morgan fingerprint density at radius 2 is 1.88 bits per heavy atom. The Morgan fingerprint density at radius 1 is 1.23 bits per heavy atom. The van der Waals surface area contributed by atoms with E-state index in [-0.39, 0.29) is 24.2 Å². The lowest BCUT2D eigenvalue weighted by Crippen LogP contribution is -2.32. The summed E-state index contributed by atoms with van der Waals surface area (Å²) in [4.78, 5) is 25.0. The number of nitrogens with one attached hydrogen (secondary N) is 1. The molecule has 1 heterocycles. The van der Waals surface area contributed by atoms with E-state index in [1.54, 1.807) is 19.9 Å². The largest absolute Gasteiger partial charge is 0.466 e. The van der Waals surface area contributed by atoms with Crippen LogP contribution in [0.15, 0.2) is 46.8 Å². The van der Waals surface area contributed by atoms with E-state index in [1.165, 1.54) is 25.3 Å². The SMILES string of the molecule is COC(=O)C1=C(C)NC(C)=C(C(=O)OCCC#N)C1c1cccc(F)c1. The van der Waals surface area contributed by atoms with Gasteiger partial charge >= 0.3 is 11.9 Å². The molecule has 0 fully saturated rings. The minimum Gasteiger partial charge on any atom is -0.466 e. The Bertz CT molecular complexity index is 836. The fraction of sp³-hybridized carbons (Fsp3) is 0.316. The number of hydrogen-bond donors (Lipinski definition) is 1. The molecule has 0 saturated heterocycles. The zero-order valence-corrected chi connectivity index (χ0v) is 14.8. The number of halogens is 1. The molecule has 6 nitrogen and oxygen atoms in total.